The maximum absolute atomic E-state index is 11.5. The average molecular weight is 269 g/mol. The third kappa shape index (κ3) is 6.51. The molecule has 106 valence electrons. The van der Waals surface area contributed by atoms with E-state index in [0.29, 0.717) is 18.7 Å². The number of carbonyl (C=O) groups is 2. The fourth-order valence-corrected chi connectivity index (χ4v) is 1.52. The maximum Gasteiger partial charge on any atom is 0.325 e. The van der Waals surface area contributed by atoms with Gasteiger partial charge in [-0.15, -0.1) is 5.10 Å². The number of carboxylic acids is 1. The number of nitrogens with one attached hydrogen (secondary N) is 1. The van der Waals surface area contributed by atoms with Crippen LogP contribution in [0.5, 0.6) is 0 Å². The highest BCUT2D eigenvalue weighted by Gasteiger charge is 2.06. The van der Waals surface area contributed by atoms with Gasteiger partial charge in [0, 0.05) is 6.42 Å². The molecule has 0 spiro atoms. The minimum absolute atomic E-state index is 0.0511. The number of hydrogen-bond donors (Lipinski definition) is 3. The molecule has 1 aromatic rings. The Kier molecular flexibility index (Phi) is 6.51. The largest absolute Gasteiger partial charge is 0.480 e. The predicted octanol–water partition coefficient (Wildman–Crippen LogP) is -0.502. The zero-order chi connectivity index (χ0) is 14.1. The van der Waals surface area contributed by atoms with Gasteiger partial charge in [-0.1, -0.05) is 11.6 Å². The van der Waals surface area contributed by atoms with Gasteiger partial charge in [0.1, 0.15) is 12.2 Å². The number of nitrogens with zero attached hydrogens (tertiary/aromatic N) is 3. The fraction of sp³-hybridized carbons (Fsp3) is 0.636. The van der Waals surface area contributed by atoms with Crippen molar-refractivity contribution in [2.75, 3.05) is 6.54 Å². The highest BCUT2D eigenvalue weighted by atomic mass is 16.4. The van der Waals surface area contributed by atoms with Crippen LogP contribution in [-0.2, 0) is 22.7 Å². The molecule has 0 fully saturated rings. The summed E-state index contributed by atoms with van der Waals surface area (Å²) < 4.78 is 1.21. The van der Waals surface area contributed by atoms with Gasteiger partial charge >= 0.3 is 5.97 Å². The van der Waals surface area contributed by atoms with Crippen LogP contribution in [-0.4, -0.2) is 38.5 Å². The van der Waals surface area contributed by atoms with Gasteiger partial charge in [0.15, 0.2) is 0 Å². The molecule has 0 saturated heterocycles. The molecule has 1 rings (SSSR count). The summed E-state index contributed by atoms with van der Waals surface area (Å²) in [5.41, 5.74) is 5.90. The summed E-state index contributed by atoms with van der Waals surface area (Å²) in [5, 5.41) is 18.7. The van der Waals surface area contributed by atoms with E-state index in [4.69, 9.17) is 10.8 Å². The van der Waals surface area contributed by atoms with E-state index in [2.05, 4.69) is 15.6 Å². The molecule has 0 aliphatic rings. The Morgan fingerprint density at radius 1 is 1.37 bits per heavy atom. The number of aromatic nitrogens is 3. The molecule has 1 amide bonds. The molecule has 1 aromatic heterocycles. The van der Waals surface area contributed by atoms with Gasteiger partial charge in [-0.25, -0.2) is 4.68 Å². The molecule has 0 aromatic carbocycles. The molecule has 19 heavy (non-hydrogen) atoms. The molecule has 0 atom stereocenters. The first-order chi connectivity index (χ1) is 9.11. The van der Waals surface area contributed by atoms with Crippen molar-refractivity contribution >= 4 is 11.9 Å². The first-order valence-electron chi connectivity index (χ1n) is 6.19. The van der Waals surface area contributed by atoms with Gasteiger partial charge < -0.3 is 16.2 Å². The molecule has 8 nitrogen and oxygen atoms in total. The second-order valence-electron chi connectivity index (χ2n) is 4.18. The predicted molar refractivity (Wildman–Crippen MR) is 67.0 cm³/mol. The van der Waals surface area contributed by atoms with Gasteiger partial charge in [0.2, 0.25) is 5.91 Å². The molecule has 8 heteroatoms. The highest BCUT2D eigenvalue weighted by Crippen LogP contribution is 1.99. The molecule has 1 heterocycles. The summed E-state index contributed by atoms with van der Waals surface area (Å²) in [6, 6.07) is 0. The SMILES string of the molecule is NCCCCCC(=O)NCc1cn(CC(=O)O)nn1. The van der Waals surface area contributed by atoms with E-state index < -0.39 is 5.97 Å². The number of nitrogens with two attached hydrogens (primary N) is 1. The highest BCUT2D eigenvalue weighted by molar-refractivity contribution is 5.75. The zero-order valence-electron chi connectivity index (χ0n) is 10.7. The van der Waals surface area contributed by atoms with Gasteiger partial charge in [-0.2, -0.15) is 0 Å². The summed E-state index contributed by atoms with van der Waals surface area (Å²) in [4.78, 5) is 21.9. The summed E-state index contributed by atoms with van der Waals surface area (Å²) >= 11 is 0. The van der Waals surface area contributed by atoms with Gasteiger partial charge in [0.25, 0.3) is 0 Å². The summed E-state index contributed by atoms with van der Waals surface area (Å²) in [7, 11) is 0. The lowest BCUT2D eigenvalue weighted by Crippen LogP contribution is -2.22. The van der Waals surface area contributed by atoms with Crippen LogP contribution in [0.2, 0.25) is 0 Å². The van der Waals surface area contributed by atoms with E-state index in [1.165, 1.54) is 10.9 Å². The minimum Gasteiger partial charge on any atom is -0.480 e. The molecule has 0 bridgehead atoms. The van der Waals surface area contributed by atoms with E-state index in [9.17, 15) is 9.59 Å². The van der Waals surface area contributed by atoms with Crippen molar-refractivity contribution in [1.82, 2.24) is 20.3 Å². The molecule has 4 N–H and O–H groups in total. The van der Waals surface area contributed by atoms with E-state index in [1.807, 2.05) is 0 Å². The summed E-state index contributed by atoms with van der Waals surface area (Å²) in [6.45, 7) is 0.670. The number of carbonyl (C=O) groups excluding carboxylic acids is 1. The molecule has 0 radical (unpaired) electrons. The van der Waals surface area contributed by atoms with Crippen LogP contribution < -0.4 is 11.1 Å². The quantitative estimate of drug-likeness (QED) is 0.519. The van der Waals surface area contributed by atoms with Crippen LogP contribution in [0.3, 0.4) is 0 Å². The Balaban J connectivity index is 2.22. The van der Waals surface area contributed by atoms with Gasteiger partial charge in [0.05, 0.1) is 12.7 Å². The number of rotatable bonds is 9. The van der Waals surface area contributed by atoms with Crippen molar-refractivity contribution in [2.24, 2.45) is 5.73 Å². The molecule has 0 aliphatic heterocycles. The first kappa shape index (κ1) is 15.1. The maximum atomic E-state index is 11.5. The Bertz CT molecular complexity index is 418. The average Bonchev–Trinajstić information content (AvgIpc) is 2.79. The molecular weight excluding hydrogens is 250 g/mol. The van der Waals surface area contributed by atoms with E-state index in [-0.39, 0.29) is 19.0 Å². The lowest BCUT2D eigenvalue weighted by atomic mass is 10.2. The number of carboxylic acid groups (broad SMARTS) is 1. The van der Waals surface area contributed by atoms with Crippen LogP contribution in [0.4, 0.5) is 0 Å². The standard InChI is InChI=1S/C11H19N5O3/c12-5-3-1-2-4-10(17)13-6-9-7-16(15-14-9)8-11(18)19/h7H,1-6,8,12H2,(H,13,17)(H,18,19). The molecule has 0 aliphatic carbocycles. The van der Waals surface area contributed by atoms with Crippen LogP contribution in [0.1, 0.15) is 31.4 Å². The van der Waals surface area contributed by atoms with Crippen molar-refractivity contribution in [3.8, 4) is 0 Å². The van der Waals surface area contributed by atoms with Crippen molar-refractivity contribution in [1.29, 1.82) is 0 Å². The summed E-state index contributed by atoms with van der Waals surface area (Å²) in [6.07, 6.45) is 4.65. The topological polar surface area (TPSA) is 123 Å². The minimum atomic E-state index is -0.986. The van der Waals surface area contributed by atoms with Gasteiger partial charge in [-0.05, 0) is 19.4 Å². The Morgan fingerprint density at radius 2 is 2.16 bits per heavy atom. The monoisotopic (exact) mass is 269 g/mol. The number of aliphatic carboxylic acids is 1. The van der Waals surface area contributed by atoms with Gasteiger partial charge in [-0.3, -0.25) is 9.59 Å². The summed E-state index contributed by atoms with van der Waals surface area (Å²) in [5.74, 6) is -1.04. The molecular formula is C11H19N5O3. The number of unbranched alkanes of at least 4 members (excludes halogenated alkanes) is 2. The second-order valence-corrected chi connectivity index (χ2v) is 4.18. The van der Waals surface area contributed by atoms with Crippen molar-refractivity contribution in [3.05, 3.63) is 11.9 Å². The Labute approximate surface area is 111 Å². The van der Waals surface area contributed by atoms with E-state index in [0.717, 1.165) is 19.3 Å². The fourth-order valence-electron chi connectivity index (χ4n) is 1.52. The third-order valence-corrected chi connectivity index (χ3v) is 2.46. The molecule has 0 saturated carbocycles. The second kappa shape index (κ2) is 8.20. The lowest BCUT2D eigenvalue weighted by Gasteiger charge is -2.02. The van der Waals surface area contributed by atoms with E-state index >= 15 is 0 Å². The Hall–Kier alpha value is -1.96. The van der Waals surface area contributed by atoms with Crippen LogP contribution >= 0.6 is 0 Å². The third-order valence-electron chi connectivity index (χ3n) is 2.46. The number of amides is 1. The number of hydrogen-bond acceptors (Lipinski definition) is 5. The smallest absolute Gasteiger partial charge is 0.325 e. The van der Waals surface area contributed by atoms with Crippen LogP contribution in [0.25, 0.3) is 0 Å². The zero-order valence-corrected chi connectivity index (χ0v) is 10.7. The van der Waals surface area contributed by atoms with Crippen molar-refractivity contribution < 1.29 is 14.7 Å². The van der Waals surface area contributed by atoms with Crippen LogP contribution in [0, 0.1) is 0 Å². The lowest BCUT2D eigenvalue weighted by molar-refractivity contribution is -0.138. The normalized spacial score (nSPS) is 10.4. The van der Waals surface area contributed by atoms with Crippen molar-refractivity contribution in [3.63, 3.8) is 0 Å². The van der Waals surface area contributed by atoms with Crippen molar-refractivity contribution in [2.45, 2.75) is 38.8 Å². The van der Waals surface area contributed by atoms with E-state index in [1.54, 1.807) is 0 Å². The van der Waals surface area contributed by atoms with Crippen LogP contribution in [0.15, 0.2) is 6.20 Å². The molecule has 0 unspecified atom stereocenters. The Morgan fingerprint density at radius 3 is 2.84 bits per heavy atom. The first-order valence-corrected chi connectivity index (χ1v) is 6.19.